The number of hydrogen-bond acceptors (Lipinski definition) is 9. The highest BCUT2D eigenvalue weighted by molar-refractivity contribution is 5.89. The Morgan fingerprint density at radius 1 is 1.21 bits per heavy atom. The molecule has 1 aromatic carbocycles. The first kappa shape index (κ1) is 18.6. The van der Waals surface area contributed by atoms with Crippen LogP contribution in [-0.4, -0.2) is 59.8 Å². The van der Waals surface area contributed by atoms with Crippen LogP contribution >= 0.6 is 0 Å². The molecule has 9 heteroatoms. The van der Waals surface area contributed by atoms with Crippen molar-refractivity contribution in [3.63, 3.8) is 0 Å². The lowest BCUT2D eigenvalue weighted by atomic mass is 10.0. The van der Waals surface area contributed by atoms with Gasteiger partial charge in [-0.2, -0.15) is 10.1 Å². The quantitative estimate of drug-likeness (QED) is 0.776. The van der Waals surface area contributed by atoms with E-state index in [0.717, 1.165) is 37.4 Å². The summed E-state index contributed by atoms with van der Waals surface area (Å²) >= 11 is 0. The molecule has 0 bridgehead atoms. The number of nitrogens with zero attached hydrogens (tertiary/aromatic N) is 4. The molecule has 0 amide bonds. The summed E-state index contributed by atoms with van der Waals surface area (Å²) in [4.78, 5) is 18.4. The average molecular weight is 385 g/mol. The van der Waals surface area contributed by atoms with Crippen LogP contribution in [0.1, 0.15) is 30.1 Å². The molecule has 1 spiro atoms. The summed E-state index contributed by atoms with van der Waals surface area (Å²) in [6.45, 7) is 5.02. The smallest absolute Gasteiger partial charge is 0.338 e. The van der Waals surface area contributed by atoms with E-state index >= 15 is 0 Å². The van der Waals surface area contributed by atoms with Crippen molar-refractivity contribution in [3.05, 3.63) is 36.0 Å². The maximum absolute atomic E-state index is 11.7. The van der Waals surface area contributed by atoms with Gasteiger partial charge in [0.15, 0.2) is 11.6 Å². The Morgan fingerprint density at radius 2 is 1.93 bits per heavy atom. The highest BCUT2D eigenvalue weighted by Crippen LogP contribution is 2.32. The van der Waals surface area contributed by atoms with Crippen LogP contribution < -0.4 is 10.2 Å². The van der Waals surface area contributed by atoms with Crippen LogP contribution in [0.25, 0.3) is 0 Å². The third kappa shape index (κ3) is 4.05. The van der Waals surface area contributed by atoms with E-state index in [-0.39, 0.29) is 5.97 Å². The number of nitrogens with one attached hydrogen (secondary N) is 1. The Bertz CT molecular complexity index is 813. The van der Waals surface area contributed by atoms with Gasteiger partial charge in [0.05, 0.1) is 31.6 Å². The van der Waals surface area contributed by atoms with Crippen molar-refractivity contribution in [2.75, 3.05) is 43.1 Å². The molecule has 9 nitrogen and oxygen atoms in total. The first-order valence-electron chi connectivity index (χ1n) is 9.44. The lowest BCUT2D eigenvalue weighted by Crippen LogP contribution is -2.45. The number of piperidine rings is 1. The average Bonchev–Trinajstić information content (AvgIpc) is 3.17. The fraction of sp³-hybridized carbons (Fsp3) is 0.474. The molecular formula is C19H23N5O4. The predicted octanol–water partition coefficient (Wildman–Crippen LogP) is 2.14. The largest absolute Gasteiger partial charge is 0.462 e. The van der Waals surface area contributed by atoms with Crippen molar-refractivity contribution < 1.29 is 19.0 Å². The van der Waals surface area contributed by atoms with E-state index in [1.165, 1.54) is 0 Å². The second-order valence-electron chi connectivity index (χ2n) is 6.66. The standard InChI is InChI=1S/C19H23N5O4/c1-2-26-17(25)14-3-5-15(6-4-14)21-18-22-16(13-20-23-18)24-9-7-19(8-10-24)27-11-12-28-19/h3-6,13H,2,7-12H2,1H3,(H,21,22,23). The molecule has 4 rings (SSSR count). The summed E-state index contributed by atoms with van der Waals surface area (Å²) < 4.78 is 16.5. The third-order valence-electron chi connectivity index (χ3n) is 4.86. The van der Waals surface area contributed by atoms with Crippen molar-refractivity contribution in [1.29, 1.82) is 0 Å². The first-order valence-corrected chi connectivity index (χ1v) is 9.44. The van der Waals surface area contributed by atoms with Crippen molar-refractivity contribution in [1.82, 2.24) is 15.2 Å². The molecule has 1 N–H and O–H groups in total. The fourth-order valence-corrected chi connectivity index (χ4v) is 3.40. The number of hydrogen-bond donors (Lipinski definition) is 1. The van der Waals surface area contributed by atoms with Crippen LogP contribution in [0.4, 0.5) is 17.5 Å². The van der Waals surface area contributed by atoms with Crippen LogP contribution in [0.3, 0.4) is 0 Å². The number of carbonyl (C=O) groups excluding carboxylic acids is 1. The van der Waals surface area contributed by atoms with Crippen LogP contribution in [0.2, 0.25) is 0 Å². The summed E-state index contributed by atoms with van der Waals surface area (Å²) in [5.41, 5.74) is 1.26. The van der Waals surface area contributed by atoms with Crippen molar-refractivity contribution in [3.8, 4) is 0 Å². The number of aromatic nitrogens is 3. The third-order valence-corrected chi connectivity index (χ3v) is 4.86. The van der Waals surface area contributed by atoms with E-state index in [1.807, 2.05) is 0 Å². The zero-order valence-corrected chi connectivity index (χ0v) is 15.8. The lowest BCUT2D eigenvalue weighted by molar-refractivity contribution is -0.169. The minimum Gasteiger partial charge on any atom is -0.462 e. The van der Waals surface area contributed by atoms with E-state index in [9.17, 15) is 4.79 Å². The van der Waals surface area contributed by atoms with Crippen LogP contribution in [0.15, 0.2) is 30.5 Å². The zero-order chi connectivity index (χ0) is 19.4. The molecule has 2 saturated heterocycles. The number of carbonyl (C=O) groups is 1. The molecule has 2 aromatic rings. The fourth-order valence-electron chi connectivity index (χ4n) is 3.40. The van der Waals surface area contributed by atoms with Gasteiger partial charge in [0, 0.05) is 31.6 Å². The summed E-state index contributed by atoms with van der Waals surface area (Å²) in [5.74, 6) is 0.397. The maximum Gasteiger partial charge on any atom is 0.338 e. The van der Waals surface area contributed by atoms with Crippen LogP contribution in [0, 0.1) is 0 Å². The maximum atomic E-state index is 11.7. The summed E-state index contributed by atoms with van der Waals surface area (Å²) in [5, 5.41) is 11.2. The molecular weight excluding hydrogens is 362 g/mol. The van der Waals surface area contributed by atoms with Crippen molar-refractivity contribution >= 4 is 23.4 Å². The molecule has 3 heterocycles. The van der Waals surface area contributed by atoms with Gasteiger partial charge in [-0.15, -0.1) is 5.10 Å². The lowest BCUT2D eigenvalue weighted by Gasteiger charge is -2.37. The van der Waals surface area contributed by atoms with Crippen molar-refractivity contribution in [2.45, 2.75) is 25.6 Å². The van der Waals surface area contributed by atoms with Gasteiger partial charge in [-0.05, 0) is 31.2 Å². The molecule has 0 saturated carbocycles. The second kappa shape index (κ2) is 8.07. The Labute approximate surface area is 163 Å². The van der Waals surface area contributed by atoms with E-state index in [2.05, 4.69) is 25.4 Å². The van der Waals surface area contributed by atoms with E-state index in [0.29, 0.717) is 31.3 Å². The summed E-state index contributed by atoms with van der Waals surface area (Å²) in [6.07, 6.45) is 3.26. The monoisotopic (exact) mass is 385 g/mol. The molecule has 2 aliphatic heterocycles. The second-order valence-corrected chi connectivity index (χ2v) is 6.66. The predicted molar refractivity (Wildman–Crippen MR) is 102 cm³/mol. The highest BCUT2D eigenvalue weighted by atomic mass is 16.7. The van der Waals surface area contributed by atoms with Gasteiger partial charge in [0.1, 0.15) is 0 Å². The van der Waals surface area contributed by atoms with Gasteiger partial charge in [0.2, 0.25) is 5.95 Å². The van der Waals surface area contributed by atoms with Gasteiger partial charge in [-0.3, -0.25) is 0 Å². The van der Waals surface area contributed by atoms with Crippen molar-refractivity contribution in [2.24, 2.45) is 0 Å². The molecule has 148 valence electrons. The number of ether oxygens (including phenoxy) is 3. The molecule has 0 unspecified atom stereocenters. The molecule has 0 aliphatic carbocycles. The SMILES string of the molecule is CCOC(=O)c1ccc(Nc2nncc(N3CCC4(CC3)OCCO4)n2)cc1. The van der Waals surface area contributed by atoms with Gasteiger partial charge in [0.25, 0.3) is 0 Å². The summed E-state index contributed by atoms with van der Waals surface area (Å²) in [6, 6.07) is 6.95. The number of anilines is 3. The van der Waals surface area contributed by atoms with Gasteiger partial charge >= 0.3 is 5.97 Å². The minimum absolute atomic E-state index is 0.341. The molecule has 0 radical (unpaired) electrons. The van der Waals surface area contributed by atoms with Gasteiger partial charge < -0.3 is 24.4 Å². The van der Waals surface area contributed by atoms with E-state index in [4.69, 9.17) is 14.2 Å². The summed E-state index contributed by atoms with van der Waals surface area (Å²) in [7, 11) is 0. The molecule has 28 heavy (non-hydrogen) atoms. The Morgan fingerprint density at radius 3 is 2.61 bits per heavy atom. The van der Waals surface area contributed by atoms with Crippen LogP contribution in [0.5, 0.6) is 0 Å². The first-order chi connectivity index (χ1) is 13.7. The Hall–Kier alpha value is -2.78. The Balaban J connectivity index is 1.39. The molecule has 1 aromatic heterocycles. The van der Waals surface area contributed by atoms with E-state index in [1.54, 1.807) is 37.4 Å². The molecule has 2 aliphatic rings. The highest BCUT2D eigenvalue weighted by Gasteiger charge is 2.40. The number of benzene rings is 1. The molecule has 0 atom stereocenters. The van der Waals surface area contributed by atoms with E-state index < -0.39 is 5.79 Å². The van der Waals surface area contributed by atoms with Gasteiger partial charge in [-0.25, -0.2) is 4.79 Å². The number of esters is 1. The zero-order valence-electron chi connectivity index (χ0n) is 15.8. The topological polar surface area (TPSA) is 98.7 Å². The normalized spacial score (nSPS) is 18.2. The van der Waals surface area contributed by atoms with Crippen LogP contribution in [-0.2, 0) is 14.2 Å². The minimum atomic E-state index is -0.418. The van der Waals surface area contributed by atoms with Gasteiger partial charge in [-0.1, -0.05) is 0 Å². The Kier molecular flexibility index (Phi) is 5.36. The molecule has 2 fully saturated rings. The number of rotatable bonds is 5.